The number of aromatic hydroxyl groups is 1. The van der Waals surface area contributed by atoms with Gasteiger partial charge in [0, 0.05) is 27.0 Å². The maximum Gasteiger partial charge on any atom is 0.171 e. The molecule has 0 amide bonds. The molecule has 0 saturated heterocycles. The highest BCUT2D eigenvalue weighted by Crippen LogP contribution is 2.50. The number of phenols is 1. The van der Waals surface area contributed by atoms with Gasteiger partial charge in [-0.1, -0.05) is 72.8 Å². The third-order valence-electron chi connectivity index (χ3n) is 7.85. The van der Waals surface area contributed by atoms with Crippen LogP contribution in [0.15, 0.2) is 84.9 Å². The number of phenolic OH excluding ortho intramolecular Hbond substituents is 1. The molecule has 0 aromatic heterocycles. The fourth-order valence-electron chi connectivity index (χ4n) is 6.15. The zero-order valence-corrected chi connectivity index (χ0v) is 20.9. The van der Waals surface area contributed by atoms with Crippen molar-refractivity contribution in [2.45, 2.75) is 51.4 Å². The molecule has 2 aliphatic rings. The SMILES string of the molecule is O=P(c1ccccc1)(c1ccccc1)c1ccc2c(c1-c1c(O)ccc3c1CCCC3)CCCC2. The van der Waals surface area contributed by atoms with Crippen LogP contribution >= 0.6 is 7.14 Å². The number of hydrogen-bond donors (Lipinski definition) is 1. The van der Waals surface area contributed by atoms with Crippen molar-refractivity contribution in [2.24, 2.45) is 0 Å². The van der Waals surface area contributed by atoms with E-state index >= 15 is 4.57 Å². The van der Waals surface area contributed by atoms with Crippen molar-refractivity contribution in [3.8, 4) is 16.9 Å². The van der Waals surface area contributed by atoms with E-state index in [4.69, 9.17) is 0 Å². The third kappa shape index (κ3) is 3.76. The van der Waals surface area contributed by atoms with Crippen molar-refractivity contribution in [1.82, 2.24) is 0 Å². The number of benzene rings is 4. The highest BCUT2D eigenvalue weighted by Gasteiger charge is 2.35. The maximum atomic E-state index is 15.5. The fourth-order valence-corrected chi connectivity index (χ4v) is 9.04. The lowest BCUT2D eigenvalue weighted by Gasteiger charge is -2.30. The maximum absolute atomic E-state index is 15.5. The van der Waals surface area contributed by atoms with E-state index in [2.05, 4.69) is 18.2 Å². The highest BCUT2D eigenvalue weighted by molar-refractivity contribution is 7.85. The summed E-state index contributed by atoms with van der Waals surface area (Å²) in [4.78, 5) is 0. The number of aryl methyl sites for hydroxylation is 2. The van der Waals surface area contributed by atoms with E-state index in [1.54, 1.807) is 0 Å². The Labute approximate surface area is 208 Å². The molecule has 0 atom stereocenters. The fraction of sp³-hybridized carbons (Fsp3) is 0.250. The van der Waals surface area contributed by atoms with Gasteiger partial charge in [-0.2, -0.15) is 0 Å². The molecule has 2 nitrogen and oxygen atoms in total. The van der Waals surface area contributed by atoms with Crippen LogP contribution in [0.1, 0.15) is 47.9 Å². The monoisotopic (exact) mass is 478 g/mol. The molecule has 2 aliphatic carbocycles. The van der Waals surface area contributed by atoms with Crippen LogP contribution in [-0.2, 0) is 30.2 Å². The molecule has 35 heavy (non-hydrogen) atoms. The lowest BCUT2D eigenvalue weighted by molar-refractivity contribution is 0.475. The average molecular weight is 479 g/mol. The average Bonchev–Trinajstić information content (AvgIpc) is 2.93. The first-order valence-electron chi connectivity index (χ1n) is 12.9. The zero-order chi connectivity index (χ0) is 23.8. The first-order chi connectivity index (χ1) is 17.2. The van der Waals surface area contributed by atoms with Crippen molar-refractivity contribution in [3.05, 3.63) is 107 Å². The summed E-state index contributed by atoms with van der Waals surface area (Å²) >= 11 is 0. The van der Waals surface area contributed by atoms with E-state index in [0.29, 0.717) is 5.75 Å². The third-order valence-corrected chi connectivity index (χ3v) is 11.0. The van der Waals surface area contributed by atoms with Crippen LogP contribution in [0.3, 0.4) is 0 Å². The van der Waals surface area contributed by atoms with Gasteiger partial charge in [0.15, 0.2) is 7.14 Å². The standard InChI is InChI=1S/C32H31O2P/c33-29-21-19-23-11-7-9-17-27(23)31(29)32-28-18-10-8-12-24(28)20-22-30(32)35(34,25-13-3-1-4-14-25)26-15-5-2-6-16-26/h1-6,13-16,19-22,33H,7-12,17-18H2. The van der Waals surface area contributed by atoms with Crippen molar-refractivity contribution < 1.29 is 9.67 Å². The van der Waals surface area contributed by atoms with Crippen LogP contribution in [0.5, 0.6) is 5.75 Å². The van der Waals surface area contributed by atoms with Crippen molar-refractivity contribution >= 4 is 23.1 Å². The lowest BCUT2D eigenvalue weighted by Crippen LogP contribution is -2.28. The van der Waals surface area contributed by atoms with Gasteiger partial charge in [0.25, 0.3) is 0 Å². The molecular formula is C32H31O2P. The van der Waals surface area contributed by atoms with Gasteiger partial charge in [0.2, 0.25) is 0 Å². The van der Waals surface area contributed by atoms with Crippen LogP contribution in [0.4, 0.5) is 0 Å². The van der Waals surface area contributed by atoms with Crippen molar-refractivity contribution in [1.29, 1.82) is 0 Å². The lowest BCUT2D eigenvalue weighted by atomic mass is 9.80. The first kappa shape index (κ1) is 22.4. The summed E-state index contributed by atoms with van der Waals surface area (Å²) < 4.78 is 15.5. The molecule has 1 N–H and O–H groups in total. The van der Waals surface area contributed by atoms with E-state index in [-0.39, 0.29) is 0 Å². The van der Waals surface area contributed by atoms with E-state index in [1.807, 2.05) is 66.7 Å². The second kappa shape index (κ2) is 9.17. The molecule has 0 fully saturated rings. The molecule has 176 valence electrons. The van der Waals surface area contributed by atoms with Crippen molar-refractivity contribution in [2.75, 3.05) is 0 Å². The Hall–Kier alpha value is -3.09. The second-order valence-electron chi connectivity index (χ2n) is 9.89. The van der Waals surface area contributed by atoms with Gasteiger partial charge in [0.1, 0.15) is 5.75 Å². The van der Waals surface area contributed by atoms with Gasteiger partial charge in [-0.3, -0.25) is 0 Å². The molecule has 0 spiro atoms. The summed E-state index contributed by atoms with van der Waals surface area (Å²) in [7, 11) is -3.19. The second-order valence-corrected chi connectivity index (χ2v) is 12.6. The Morgan fingerprint density at radius 3 is 1.60 bits per heavy atom. The molecule has 4 aromatic carbocycles. The Kier molecular flexibility index (Phi) is 5.86. The number of rotatable bonds is 4. The first-order valence-corrected chi connectivity index (χ1v) is 14.6. The van der Waals surface area contributed by atoms with Crippen LogP contribution < -0.4 is 15.9 Å². The zero-order valence-electron chi connectivity index (χ0n) is 20.0. The summed E-state index contributed by atoms with van der Waals surface area (Å²) in [6.07, 6.45) is 8.63. The molecule has 6 rings (SSSR count). The van der Waals surface area contributed by atoms with E-state index in [0.717, 1.165) is 65.6 Å². The van der Waals surface area contributed by atoms with Crippen LogP contribution in [0, 0.1) is 0 Å². The summed E-state index contributed by atoms with van der Waals surface area (Å²) in [6.45, 7) is 0. The van der Waals surface area contributed by atoms with E-state index in [1.165, 1.54) is 35.1 Å². The summed E-state index contributed by atoms with van der Waals surface area (Å²) in [5, 5.41) is 13.9. The Morgan fingerprint density at radius 1 is 0.543 bits per heavy atom. The Bertz CT molecular complexity index is 1380. The van der Waals surface area contributed by atoms with Crippen LogP contribution in [0.2, 0.25) is 0 Å². The highest BCUT2D eigenvalue weighted by atomic mass is 31.2. The van der Waals surface area contributed by atoms with Gasteiger partial charge in [0.05, 0.1) is 0 Å². The van der Waals surface area contributed by atoms with Gasteiger partial charge in [-0.15, -0.1) is 0 Å². The molecule has 0 saturated carbocycles. The molecule has 0 aliphatic heterocycles. The number of fused-ring (bicyclic) bond motifs is 2. The largest absolute Gasteiger partial charge is 0.507 e. The van der Waals surface area contributed by atoms with Gasteiger partial charge < -0.3 is 9.67 Å². The molecule has 0 bridgehead atoms. The molecule has 0 heterocycles. The van der Waals surface area contributed by atoms with Crippen LogP contribution in [-0.4, -0.2) is 5.11 Å². The number of hydrogen-bond acceptors (Lipinski definition) is 2. The minimum atomic E-state index is -3.19. The van der Waals surface area contributed by atoms with Crippen LogP contribution in [0.25, 0.3) is 11.1 Å². The molecule has 0 radical (unpaired) electrons. The van der Waals surface area contributed by atoms with Gasteiger partial charge >= 0.3 is 0 Å². The quantitative estimate of drug-likeness (QED) is 0.342. The van der Waals surface area contributed by atoms with E-state index in [9.17, 15) is 5.11 Å². The topological polar surface area (TPSA) is 37.3 Å². The Morgan fingerprint density at radius 2 is 1.03 bits per heavy atom. The molecular weight excluding hydrogens is 447 g/mol. The normalized spacial score (nSPS) is 15.3. The molecule has 4 aromatic rings. The van der Waals surface area contributed by atoms with Gasteiger partial charge in [-0.25, -0.2) is 0 Å². The minimum absolute atomic E-state index is 0.318. The summed E-state index contributed by atoms with van der Waals surface area (Å²) in [5.74, 6) is 0.318. The smallest absolute Gasteiger partial charge is 0.171 e. The van der Waals surface area contributed by atoms with Gasteiger partial charge in [-0.05, 0) is 85.8 Å². The Balaban J connectivity index is 1.73. The molecule has 0 unspecified atom stereocenters. The predicted molar refractivity (Wildman–Crippen MR) is 146 cm³/mol. The van der Waals surface area contributed by atoms with E-state index < -0.39 is 7.14 Å². The molecule has 3 heteroatoms. The summed E-state index contributed by atoms with van der Waals surface area (Å²) in [6, 6.07) is 28.1. The predicted octanol–water partition coefficient (Wildman–Crippen LogP) is 6.46. The summed E-state index contributed by atoms with van der Waals surface area (Å²) in [5.41, 5.74) is 7.19. The van der Waals surface area contributed by atoms with Crippen molar-refractivity contribution in [3.63, 3.8) is 0 Å². The minimum Gasteiger partial charge on any atom is -0.507 e.